The number of ether oxygens (including phenoxy) is 1. The van der Waals surface area contributed by atoms with E-state index in [0.29, 0.717) is 5.95 Å². The maximum absolute atomic E-state index is 6.58. The van der Waals surface area contributed by atoms with Crippen LogP contribution in [0.1, 0.15) is 0 Å². The van der Waals surface area contributed by atoms with Gasteiger partial charge in [-0.25, -0.2) is 9.97 Å². The van der Waals surface area contributed by atoms with Crippen molar-refractivity contribution in [1.82, 2.24) is 19.1 Å². The molecule has 0 saturated carbocycles. The van der Waals surface area contributed by atoms with E-state index in [9.17, 15) is 0 Å². The molecule has 3 aromatic heterocycles. The van der Waals surface area contributed by atoms with Gasteiger partial charge in [0.2, 0.25) is 5.95 Å². The summed E-state index contributed by atoms with van der Waals surface area (Å²) in [7, 11) is 0. The number of rotatable bonds is 3. The number of benzene rings is 8. The summed E-state index contributed by atoms with van der Waals surface area (Å²) < 4.78 is 11.2. The van der Waals surface area contributed by atoms with Gasteiger partial charge in [0.05, 0.1) is 38.7 Å². The first-order chi connectivity index (χ1) is 26.3. The van der Waals surface area contributed by atoms with E-state index in [2.05, 4.69) is 167 Å². The lowest BCUT2D eigenvalue weighted by Crippen LogP contribution is -2.06. The van der Waals surface area contributed by atoms with E-state index >= 15 is 0 Å². The third-order valence-electron chi connectivity index (χ3n) is 10.9. The molecule has 12 rings (SSSR count). The average molecular weight is 677 g/mol. The van der Waals surface area contributed by atoms with Gasteiger partial charge in [-0.05, 0) is 77.2 Å². The van der Waals surface area contributed by atoms with Crippen molar-refractivity contribution in [3.8, 4) is 45.5 Å². The molecule has 8 aromatic carbocycles. The lowest BCUT2D eigenvalue weighted by Gasteiger charge is -2.22. The lowest BCUT2D eigenvalue weighted by molar-refractivity contribution is 0.492. The molecule has 1 aliphatic heterocycles. The zero-order valence-corrected chi connectivity index (χ0v) is 28.4. The lowest BCUT2D eigenvalue weighted by atomic mass is 9.98. The van der Waals surface area contributed by atoms with Gasteiger partial charge in [-0.15, -0.1) is 0 Å². The Labute approximate surface area is 303 Å². The minimum absolute atomic E-state index is 0.637. The standard InChI is InChI=1S/C48H28N4O/c1-2-12-32(13-3-1)51-40-18-8-6-15-34(40)36-24-22-31(28-43(36)51)30-23-26-42-38(27-30)35-16-7-9-19-41(35)52(42)48-49-39-17-10-20-44-45(39)46(50-48)37-25-21-29-11-4-5-14-33(29)47(37)53-44/h1-28H. The van der Waals surface area contributed by atoms with Gasteiger partial charge in [-0.1, -0.05) is 109 Å². The molecule has 0 bridgehead atoms. The Morgan fingerprint density at radius 3 is 1.98 bits per heavy atom. The minimum atomic E-state index is 0.637. The van der Waals surface area contributed by atoms with Crippen molar-refractivity contribution in [1.29, 1.82) is 0 Å². The van der Waals surface area contributed by atoms with E-state index < -0.39 is 0 Å². The number of hydrogen-bond donors (Lipinski definition) is 0. The van der Waals surface area contributed by atoms with Gasteiger partial charge in [0.25, 0.3) is 0 Å². The van der Waals surface area contributed by atoms with Crippen molar-refractivity contribution in [3.63, 3.8) is 0 Å². The van der Waals surface area contributed by atoms with Crippen molar-refractivity contribution in [2.45, 2.75) is 0 Å². The van der Waals surface area contributed by atoms with Crippen LogP contribution in [0.25, 0.3) is 99.3 Å². The Morgan fingerprint density at radius 1 is 0.434 bits per heavy atom. The van der Waals surface area contributed by atoms with Crippen LogP contribution in [0.4, 0.5) is 0 Å². The van der Waals surface area contributed by atoms with Crippen LogP contribution in [-0.4, -0.2) is 19.1 Å². The number of nitrogens with zero attached hydrogens (tertiary/aromatic N) is 4. The van der Waals surface area contributed by atoms with Crippen LogP contribution in [0.15, 0.2) is 170 Å². The van der Waals surface area contributed by atoms with Gasteiger partial charge < -0.3 is 9.30 Å². The molecule has 0 fully saturated rings. The second-order valence-corrected chi connectivity index (χ2v) is 13.8. The molecule has 11 aromatic rings. The predicted octanol–water partition coefficient (Wildman–Crippen LogP) is 12.4. The molecule has 0 atom stereocenters. The monoisotopic (exact) mass is 676 g/mol. The van der Waals surface area contributed by atoms with Gasteiger partial charge in [-0.2, -0.15) is 0 Å². The highest BCUT2D eigenvalue weighted by Gasteiger charge is 2.26. The molecule has 0 radical (unpaired) electrons. The summed E-state index contributed by atoms with van der Waals surface area (Å²) in [6.07, 6.45) is 0. The Hall–Kier alpha value is -7.24. The second-order valence-electron chi connectivity index (χ2n) is 13.8. The highest BCUT2D eigenvalue weighted by atomic mass is 16.5. The van der Waals surface area contributed by atoms with Gasteiger partial charge in [0.1, 0.15) is 11.5 Å². The van der Waals surface area contributed by atoms with E-state index in [1.165, 1.54) is 27.4 Å². The van der Waals surface area contributed by atoms with Crippen molar-refractivity contribution in [2.24, 2.45) is 0 Å². The van der Waals surface area contributed by atoms with Gasteiger partial charge in [-0.3, -0.25) is 4.57 Å². The third kappa shape index (κ3) is 4.02. The van der Waals surface area contributed by atoms with E-state index in [4.69, 9.17) is 14.7 Å². The van der Waals surface area contributed by atoms with Gasteiger partial charge in [0, 0.05) is 38.2 Å². The maximum Gasteiger partial charge on any atom is 0.235 e. The topological polar surface area (TPSA) is 44.9 Å². The summed E-state index contributed by atoms with van der Waals surface area (Å²) in [4.78, 5) is 10.6. The quantitative estimate of drug-likeness (QED) is 0.187. The summed E-state index contributed by atoms with van der Waals surface area (Å²) in [6, 6.07) is 60.2. The number of para-hydroxylation sites is 3. The first kappa shape index (κ1) is 28.5. The molecule has 0 unspecified atom stereocenters. The highest BCUT2D eigenvalue weighted by molar-refractivity contribution is 6.13. The van der Waals surface area contributed by atoms with Crippen molar-refractivity contribution < 1.29 is 4.74 Å². The first-order valence-electron chi connectivity index (χ1n) is 17.9. The highest BCUT2D eigenvalue weighted by Crippen LogP contribution is 2.48. The zero-order valence-electron chi connectivity index (χ0n) is 28.4. The largest absolute Gasteiger partial charge is 0.455 e. The normalized spacial score (nSPS) is 12.3. The summed E-state index contributed by atoms with van der Waals surface area (Å²) in [5.41, 5.74) is 10.7. The Bertz CT molecular complexity index is 3320. The Balaban J connectivity index is 1.08. The van der Waals surface area contributed by atoms with Crippen molar-refractivity contribution >= 4 is 65.3 Å². The Morgan fingerprint density at radius 2 is 1.11 bits per heavy atom. The SMILES string of the molecule is c1ccc(-n2c3ccccc3c3ccc(-c4ccc5c(c4)c4ccccc4n5-c4nc5c6c(cccc6n4)Oc4c-5ccc5ccccc45)cc32)cc1. The molecular formula is C48H28N4O. The molecule has 0 amide bonds. The number of hydrogen-bond acceptors (Lipinski definition) is 3. The maximum atomic E-state index is 6.58. The van der Waals surface area contributed by atoms with Gasteiger partial charge in [0.15, 0.2) is 0 Å². The van der Waals surface area contributed by atoms with E-state index in [0.717, 1.165) is 77.5 Å². The minimum Gasteiger partial charge on any atom is -0.455 e. The summed E-state index contributed by atoms with van der Waals surface area (Å²) in [6.45, 7) is 0. The first-order valence-corrected chi connectivity index (χ1v) is 17.9. The molecule has 0 aliphatic carbocycles. The molecule has 1 aliphatic rings. The zero-order chi connectivity index (χ0) is 34.6. The molecule has 246 valence electrons. The fourth-order valence-electron chi connectivity index (χ4n) is 8.54. The van der Waals surface area contributed by atoms with E-state index in [1.807, 2.05) is 12.1 Å². The summed E-state index contributed by atoms with van der Waals surface area (Å²) >= 11 is 0. The van der Waals surface area contributed by atoms with E-state index in [-0.39, 0.29) is 0 Å². The predicted molar refractivity (Wildman–Crippen MR) is 217 cm³/mol. The fourth-order valence-corrected chi connectivity index (χ4v) is 8.54. The summed E-state index contributed by atoms with van der Waals surface area (Å²) in [5.74, 6) is 2.25. The molecule has 5 nitrogen and oxygen atoms in total. The molecule has 0 spiro atoms. The van der Waals surface area contributed by atoms with Crippen LogP contribution in [0.3, 0.4) is 0 Å². The summed E-state index contributed by atoms with van der Waals surface area (Å²) in [5, 5.41) is 7.94. The van der Waals surface area contributed by atoms with Crippen LogP contribution in [0, 0.1) is 0 Å². The van der Waals surface area contributed by atoms with Crippen molar-refractivity contribution in [2.75, 3.05) is 0 Å². The number of aromatic nitrogens is 4. The molecule has 53 heavy (non-hydrogen) atoms. The van der Waals surface area contributed by atoms with Crippen LogP contribution >= 0.6 is 0 Å². The van der Waals surface area contributed by atoms with Crippen molar-refractivity contribution in [3.05, 3.63) is 170 Å². The smallest absolute Gasteiger partial charge is 0.235 e. The van der Waals surface area contributed by atoms with Gasteiger partial charge >= 0.3 is 0 Å². The second kappa shape index (κ2) is 10.6. The molecule has 0 saturated heterocycles. The van der Waals surface area contributed by atoms with Crippen LogP contribution in [0.5, 0.6) is 11.5 Å². The molecule has 5 heteroatoms. The fraction of sp³-hybridized carbons (Fsp3) is 0. The Kier molecular flexibility index (Phi) is 5.71. The van der Waals surface area contributed by atoms with Crippen LogP contribution in [-0.2, 0) is 0 Å². The van der Waals surface area contributed by atoms with Crippen LogP contribution < -0.4 is 4.74 Å². The number of fused-ring (bicyclic) bond motifs is 10. The van der Waals surface area contributed by atoms with Crippen LogP contribution in [0.2, 0.25) is 0 Å². The third-order valence-corrected chi connectivity index (χ3v) is 10.9. The molecule has 0 N–H and O–H groups in total. The molecule has 4 heterocycles. The molecular weight excluding hydrogens is 649 g/mol. The van der Waals surface area contributed by atoms with E-state index in [1.54, 1.807) is 0 Å². The average Bonchev–Trinajstić information content (AvgIpc) is 3.73.